The highest BCUT2D eigenvalue weighted by Crippen LogP contribution is 2.35. The summed E-state index contributed by atoms with van der Waals surface area (Å²) in [5.41, 5.74) is 7.66. The van der Waals surface area contributed by atoms with Gasteiger partial charge in [0.2, 0.25) is 0 Å². The van der Waals surface area contributed by atoms with Gasteiger partial charge in [0.1, 0.15) is 0 Å². The van der Waals surface area contributed by atoms with Crippen molar-refractivity contribution in [1.82, 2.24) is 0 Å². The molecule has 2 unspecified atom stereocenters. The molecule has 2 aromatic rings. The van der Waals surface area contributed by atoms with Crippen molar-refractivity contribution in [3.8, 4) is 0 Å². The third kappa shape index (κ3) is 4.02. The van der Waals surface area contributed by atoms with E-state index in [2.05, 4.69) is 38.1 Å². The van der Waals surface area contributed by atoms with E-state index in [0.717, 1.165) is 5.02 Å². The van der Waals surface area contributed by atoms with Gasteiger partial charge in [-0.1, -0.05) is 55.8 Å². The maximum atomic E-state index is 6.47. The lowest BCUT2D eigenvalue weighted by Gasteiger charge is -2.27. The number of halogens is 1. The van der Waals surface area contributed by atoms with Crippen LogP contribution in [0.15, 0.2) is 59.5 Å². The second-order valence-electron chi connectivity index (χ2n) is 5.22. The van der Waals surface area contributed by atoms with Crippen LogP contribution in [0.5, 0.6) is 0 Å². The van der Waals surface area contributed by atoms with Gasteiger partial charge in [-0.3, -0.25) is 0 Å². The first kappa shape index (κ1) is 15.4. The maximum absolute atomic E-state index is 6.47. The van der Waals surface area contributed by atoms with Crippen molar-refractivity contribution in [2.45, 2.75) is 30.0 Å². The van der Waals surface area contributed by atoms with Crippen molar-refractivity contribution in [2.75, 3.05) is 0 Å². The topological polar surface area (TPSA) is 26.0 Å². The zero-order valence-corrected chi connectivity index (χ0v) is 13.4. The molecule has 0 aliphatic heterocycles. The molecule has 0 saturated heterocycles. The fourth-order valence-electron chi connectivity index (χ4n) is 2.16. The van der Waals surface area contributed by atoms with Crippen molar-refractivity contribution in [3.63, 3.8) is 0 Å². The highest BCUT2D eigenvalue weighted by atomic mass is 35.5. The molecule has 0 spiro atoms. The van der Waals surface area contributed by atoms with Gasteiger partial charge in [0.15, 0.2) is 0 Å². The molecule has 0 heterocycles. The number of nitrogens with two attached hydrogens (primary N) is 1. The quantitative estimate of drug-likeness (QED) is 0.772. The highest BCUT2D eigenvalue weighted by Gasteiger charge is 2.23. The second kappa shape index (κ2) is 7.16. The van der Waals surface area contributed by atoms with E-state index in [1.807, 2.05) is 42.1 Å². The molecule has 3 heteroatoms. The summed E-state index contributed by atoms with van der Waals surface area (Å²) in [7, 11) is 0. The standard InChI is InChI=1S/C17H20ClNS/c1-12(2)17(16(19)13-6-4-3-5-7-13)20-15-10-8-14(18)9-11-15/h3-12,16-17H,19H2,1-2H3. The van der Waals surface area contributed by atoms with Crippen LogP contribution in [0.2, 0.25) is 5.02 Å². The van der Waals surface area contributed by atoms with Gasteiger partial charge in [-0.15, -0.1) is 11.8 Å². The zero-order valence-electron chi connectivity index (χ0n) is 11.8. The minimum Gasteiger partial charge on any atom is -0.323 e. The molecule has 0 bridgehead atoms. The van der Waals surface area contributed by atoms with Gasteiger partial charge < -0.3 is 5.73 Å². The van der Waals surface area contributed by atoms with Gasteiger partial charge in [0.05, 0.1) is 0 Å². The van der Waals surface area contributed by atoms with E-state index in [1.165, 1.54) is 10.5 Å². The Morgan fingerprint density at radius 3 is 2.10 bits per heavy atom. The molecule has 2 N–H and O–H groups in total. The van der Waals surface area contributed by atoms with Crippen LogP contribution in [0.1, 0.15) is 25.5 Å². The average Bonchev–Trinajstić information content (AvgIpc) is 2.46. The molecule has 106 valence electrons. The SMILES string of the molecule is CC(C)C(Sc1ccc(Cl)cc1)C(N)c1ccccc1. The third-order valence-electron chi connectivity index (χ3n) is 3.28. The van der Waals surface area contributed by atoms with Crippen LogP contribution in [0.3, 0.4) is 0 Å². The van der Waals surface area contributed by atoms with E-state index >= 15 is 0 Å². The van der Waals surface area contributed by atoms with Gasteiger partial charge >= 0.3 is 0 Å². The molecule has 2 rings (SSSR count). The summed E-state index contributed by atoms with van der Waals surface area (Å²) in [5, 5.41) is 1.10. The lowest BCUT2D eigenvalue weighted by molar-refractivity contribution is 0.527. The molecule has 1 nitrogen and oxygen atoms in total. The van der Waals surface area contributed by atoms with Crippen molar-refractivity contribution < 1.29 is 0 Å². The summed E-state index contributed by atoms with van der Waals surface area (Å²) in [6.45, 7) is 4.44. The molecular formula is C17H20ClNS. The van der Waals surface area contributed by atoms with E-state index in [0.29, 0.717) is 11.2 Å². The van der Waals surface area contributed by atoms with Crippen molar-refractivity contribution in [3.05, 3.63) is 65.2 Å². The van der Waals surface area contributed by atoms with Crippen LogP contribution in [0.25, 0.3) is 0 Å². The maximum Gasteiger partial charge on any atom is 0.0421 e. The lowest BCUT2D eigenvalue weighted by atomic mass is 9.97. The Bertz CT molecular complexity index is 524. The Labute approximate surface area is 130 Å². The summed E-state index contributed by atoms with van der Waals surface area (Å²) in [5.74, 6) is 0.492. The van der Waals surface area contributed by atoms with E-state index in [-0.39, 0.29) is 6.04 Å². The van der Waals surface area contributed by atoms with Crippen LogP contribution in [-0.2, 0) is 0 Å². The molecule has 2 aromatic carbocycles. The number of hydrogen-bond acceptors (Lipinski definition) is 2. The Balaban J connectivity index is 2.17. The molecular weight excluding hydrogens is 286 g/mol. The normalized spacial score (nSPS) is 14.2. The largest absolute Gasteiger partial charge is 0.323 e. The fourth-order valence-corrected chi connectivity index (χ4v) is 3.47. The molecule has 2 atom stereocenters. The molecule has 0 aliphatic rings. The van der Waals surface area contributed by atoms with Gasteiger partial charge in [-0.25, -0.2) is 0 Å². The molecule has 0 aliphatic carbocycles. The van der Waals surface area contributed by atoms with Crippen LogP contribution in [-0.4, -0.2) is 5.25 Å². The second-order valence-corrected chi connectivity index (χ2v) is 6.90. The van der Waals surface area contributed by atoms with Crippen molar-refractivity contribution in [1.29, 1.82) is 0 Å². The zero-order chi connectivity index (χ0) is 14.5. The molecule has 0 fully saturated rings. The third-order valence-corrected chi connectivity index (χ3v) is 5.19. The van der Waals surface area contributed by atoms with E-state index in [4.69, 9.17) is 17.3 Å². The van der Waals surface area contributed by atoms with Gasteiger partial charge in [0, 0.05) is 21.2 Å². The molecule has 0 aromatic heterocycles. The predicted octanol–water partition coefficient (Wildman–Crippen LogP) is 5.16. The van der Waals surface area contributed by atoms with E-state index in [9.17, 15) is 0 Å². The first-order valence-corrected chi connectivity index (χ1v) is 8.06. The molecule has 0 amide bonds. The monoisotopic (exact) mass is 305 g/mol. The summed E-state index contributed by atoms with van der Waals surface area (Å²) in [4.78, 5) is 1.21. The van der Waals surface area contributed by atoms with Crippen LogP contribution < -0.4 is 5.73 Å². The Morgan fingerprint density at radius 2 is 1.55 bits per heavy atom. The van der Waals surface area contributed by atoms with Crippen LogP contribution >= 0.6 is 23.4 Å². The minimum absolute atomic E-state index is 0.0249. The van der Waals surface area contributed by atoms with E-state index < -0.39 is 0 Å². The van der Waals surface area contributed by atoms with Crippen molar-refractivity contribution in [2.24, 2.45) is 11.7 Å². The number of hydrogen-bond donors (Lipinski definition) is 1. The fraction of sp³-hybridized carbons (Fsp3) is 0.294. The molecule has 0 radical (unpaired) electrons. The number of rotatable bonds is 5. The highest BCUT2D eigenvalue weighted by molar-refractivity contribution is 8.00. The lowest BCUT2D eigenvalue weighted by Crippen LogP contribution is -2.28. The predicted molar refractivity (Wildman–Crippen MR) is 89.3 cm³/mol. The Hall–Kier alpha value is -0.960. The smallest absolute Gasteiger partial charge is 0.0421 e. The first-order chi connectivity index (χ1) is 9.58. The number of thioether (sulfide) groups is 1. The Kier molecular flexibility index (Phi) is 5.53. The van der Waals surface area contributed by atoms with Crippen LogP contribution in [0.4, 0.5) is 0 Å². The number of benzene rings is 2. The van der Waals surface area contributed by atoms with E-state index in [1.54, 1.807) is 0 Å². The summed E-state index contributed by atoms with van der Waals surface area (Å²) >= 11 is 7.76. The summed E-state index contributed by atoms with van der Waals surface area (Å²) < 4.78 is 0. The summed E-state index contributed by atoms with van der Waals surface area (Å²) in [6, 6.07) is 18.3. The van der Waals surface area contributed by atoms with Gasteiger partial charge in [0.25, 0.3) is 0 Å². The minimum atomic E-state index is 0.0249. The molecule has 20 heavy (non-hydrogen) atoms. The van der Waals surface area contributed by atoms with Crippen LogP contribution in [0, 0.1) is 5.92 Å². The Morgan fingerprint density at radius 1 is 0.950 bits per heavy atom. The first-order valence-electron chi connectivity index (χ1n) is 6.80. The van der Waals surface area contributed by atoms with Gasteiger partial charge in [-0.2, -0.15) is 0 Å². The van der Waals surface area contributed by atoms with Crippen molar-refractivity contribution >= 4 is 23.4 Å². The summed E-state index contributed by atoms with van der Waals surface area (Å²) in [6.07, 6.45) is 0. The average molecular weight is 306 g/mol. The molecule has 0 saturated carbocycles. The van der Waals surface area contributed by atoms with Gasteiger partial charge in [-0.05, 0) is 35.7 Å².